The molecule has 0 saturated carbocycles. The first-order chi connectivity index (χ1) is 10.2. The van der Waals surface area contributed by atoms with Gasteiger partial charge in [-0.3, -0.25) is 4.68 Å². The van der Waals surface area contributed by atoms with Crippen LogP contribution in [0.3, 0.4) is 0 Å². The minimum absolute atomic E-state index is 0.117. The minimum Gasteiger partial charge on any atom is -0.383 e. The Hall–Kier alpha value is -1.43. The third-order valence-electron chi connectivity index (χ3n) is 3.40. The minimum atomic E-state index is -0.211. The topological polar surface area (TPSA) is 39.1 Å². The van der Waals surface area contributed by atoms with Crippen LogP contribution >= 0.6 is 11.6 Å². The van der Waals surface area contributed by atoms with Crippen LogP contribution in [0.1, 0.15) is 17.3 Å². The van der Waals surface area contributed by atoms with Crippen molar-refractivity contribution >= 4 is 11.6 Å². The van der Waals surface area contributed by atoms with Crippen LogP contribution in [-0.2, 0) is 17.7 Å². The van der Waals surface area contributed by atoms with Gasteiger partial charge in [0.25, 0.3) is 0 Å². The molecule has 1 atom stereocenters. The van der Waals surface area contributed by atoms with Gasteiger partial charge in [0.15, 0.2) is 0 Å². The summed E-state index contributed by atoms with van der Waals surface area (Å²) in [4.78, 5) is 0. The largest absolute Gasteiger partial charge is 0.383 e. The van der Waals surface area contributed by atoms with Gasteiger partial charge in [-0.15, -0.1) is 0 Å². The van der Waals surface area contributed by atoms with Gasteiger partial charge in [0.2, 0.25) is 0 Å². The molecule has 0 bridgehead atoms. The van der Waals surface area contributed by atoms with Crippen molar-refractivity contribution in [1.29, 1.82) is 0 Å². The summed E-state index contributed by atoms with van der Waals surface area (Å²) in [5.41, 5.74) is 1.49. The molecule has 0 saturated heterocycles. The van der Waals surface area contributed by atoms with Crippen LogP contribution in [0.5, 0.6) is 0 Å². The van der Waals surface area contributed by atoms with Crippen LogP contribution in [0, 0.1) is 5.82 Å². The van der Waals surface area contributed by atoms with Crippen molar-refractivity contribution in [3.63, 3.8) is 0 Å². The third-order valence-corrected chi connectivity index (χ3v) is 3.69. The fraction of sp³-hybridized carbons (Fsp3) is 0.400. The van der Waals surface area contributed by atoms with Gasteiger partial charge in [0.05, 0.1) is 36.1 Å². The van der Waals surface area contributed by atoms with Crippen LogP contribution in [0.4, 0.5) is 4.39 Å². The third kappa shape index (κ3) is 3.81. The maximum atomic E-state index is 13.8. The summed E-state index contributed by atoms with van der Waals surface area (Å²) in [5, 5.41) is 8.01. The van der Waals surface area contributed by atoms with Gasteiger partial charge >= 0.3 is 0 Å². The second-order valence-electron chi connectivity index (χ2n) is 4.73. The maximum Gasteiger partial charge on any atom is 0.126 e. The number of likely N-dealkylation sites (N-methyl/N-ethyl adjacent to an activating group) is 1. The van der Waals surface area contributed by atoms with Crippen molar-refractivity contribution in [3.8, 4) is 0 Å². The van der Waals surface area contributed by atoms with E-state index >= 15 is 0 Å². The molecule has 1 aromatic carbocycles. The smallest absolute Gasteiger partial charge is 0.126 e. The van der Waals surface area contributed by atoms with Crippen molar-refractivity contribution in [2.45, 2.75) is 19.0 Å². The second-order valence-corrected chi connectivity index (χ2v) is 5.14. The van der Waals surface area contributed by atoms with Crippen LogP contribution in [0.2, 0.25) is 5.02 Å². The summed E-state index contributed by atoms with van der Waals surface area (Å²) >= 11 is 6.25. The molecule has 4 nitrogen and oxygen atoms in total. The molecule has 21 heavy (non-hydrogen) atoms. The summed E-state index contributed by atoms with van der Waals surface area (Å²) in [6.07, 6.45) is 2.11. The van der Waals surface area contributed by atoms with Crippen LogP contribution < -0.4 is 5.32 Å². The fourth-order valence-corrected chi connectivity index (χ4v) is 2.57. The molecule has 0 aliphatic heterocycles. The number of nitrogens with zero attached hydrogens (tertiary/aromatic N) is 2. The van der Waals surface area contributed by atoms with Crippen molar-refractivity contribution in [3.05, 3.63) is 52.6 Å². The molecule has 1 N–H and O–H groups in total. The molecule has 0 aliphatic rings. The van der Waals surface area contributed by atoms with E-state index < -0.39 is 0 Å². The normalized spacial score (nSPS) is 12.6. The highest BCUT2D eigenvalue weighted by atomic mass is 35.5. The summed E-state index contributed by atoms with van der Waals surface area (Å²) in [5.74, 6) is -0.211. The Bertz CT molecular complexity index is 588. The van der Waals surface area contributed by atoms with Gasteiger partial charge in [0.1, 0.15) is 5.82 Å². The van der Waals surface area contributed by atoms with E-state index in [2.05, 4.69) is 10.4 Å². The summed E-state index contributed by atoms with van der Waals surface area (Å²) in [6.45, 7) is 1.15. The van der Waals surface area contributed by atoms with E-state index in [0.29, 0.717) is 30.2 Å². The zero-order chi connectivity index (χ0) is 15.2. The Morgan fingerprint density at radius 1 is 1.43 bits per heavy atom. The van der Waals surface area contributed by atoms with Crippen LogP contribution in [0.25, 0.3) is 0 Å². The molecule has 0 fully saturated rings. The van der Waals surface area contributed by atoms with E-state index in [-0.39, 0.29) is 11.9 Å². The predicted molar refractivity (Wildman–Crippen MR) is 81.0 cm³/mol. The SMILES string of the molecule is CNC(Cc1ccccc1F)c1c(Cl)cnn1CCOC. The number of rotatable bonds is 7. The predicted octanol–water partition coefficient (Wildman–Crippen LogP) is 2.83. The molecule has 0 amide bonds. The zero-order valence-corrected chi connectivity index (χ0v) is 12.9. The van der Waals surface area contributed by atoms with Crippen molar-refractivity contribution in [2.75, 3.05) is 20.8 Å². The Morgan fingerprint density at radius 3 is 2.86 bits per heavy atom. The number of halogens is 2. The van der Waals surface area contributed by atoms with Crippen molar-refractivity contribution in [1.82, 2.24) is 15.1 Å². The molecule has 1 unspecified atom stereocenters. The number of methoxy groups -OCH3 is 1. The highest BCUT2D eigenvalue weighted by molar-refractivity contribution is 6.31. The van der Waals surface area contributed by atoms with Crippen molar-refractivity contribution in [2.24, 2.45) is 0 Å². The van der Waals surface area contributed by atoms with Gasteiger partial charge in [-0.2, -0.15) is 5.10 Å². The second kappa shape index (κ2) is 7.54. The monoisotopic (exact) mass is 311 g/mol. The molecule has 114 valence electrons. The molecule has 2 rings (SSSR count). The van der Waals surface area contributed by atoms with E-state index in [1.165, 1.54) is 6.07 Å². The Balaban J connectivity index is 2.25. The lowest BCUT2D eigenvalue weighted by Gasteiger charge is -2.19. The van der Waals surface area contributed by atoms with Gasteiger partial charge in [-0.25, -0.2) is 4.39 Å². The average Bonchev–Trinajstić information content (AvgIpc) is 2.85. The van der Waals surface area contributed by atoms with Crippen molar-refractivity contribution < 1.29 is 9.13 Å². The molecule has 1 aromatic heterocycles. The number of benzene rings is 1. The quantitative estimate of drug-likeness (QED) is 0.854. The molecule has 0 aliphatic carbocycles. The first-order valence-electron chi connectivity index (χ1n) is 6.78. The molecule has 6 heteroatoms. The van der Waals surface area contributed by atoms with Gasteiger partial charge in [-0.1, -0.05) is 29.8 Å². The van der Waals surface area contributed by atoms with E-state index in [9.17, 15) is 4.39 Å². The molecular weight excluding hydrogens is 293 g/mol. The number of hydrogen-bond donors (Lipinski definition) is 1. The fourth-order valence-electron chi connectivity index (χ4n) is 2.29. The van der Waals surface area contributed by atoms with Gasteiger partial charge in [0, 0.05) is 7.11 Å². The number of ether oxygens (including phenoxy) is 1. The summed E-state index contributed by atoms with van der Waals surface area (Å²) in [6, 6.07) is 6.64. The van der Waals surface area contributed by atoms with E-state index in [4.69, 9.17) is 16.3 Å². The van der Waals surface area contributed by atoms with E-state index in [0.717, 1.165) is 5.69 Å². The number of hydrogen-bond acceptors (Lipinski definition) is 3. The zero-order valence-electron chi connectivity index (χ0n) is 12.1. The highest BCUT2D eigenvalue weighted by Gasteiger charge is 2.20. The lowest BCUT2D eigenvalue weighted by atomic mass is 10.0. The molecule has 0 spiro atoms. The summed E-state index contributed by atoms with van der Waals surface area (Å²) < 4.78 is 20.7. The van der Waals surface area contributed by atoms with E-state index in [1.807, 2.05) is 13.1 Å². The Morgan fingerprint density at radius 2 is 2.19 bits per heavy atom. The summed E-state index contributed by atoms with van der Waals surface area (Å²) in [7, 11) is 3.47. The number of aromatic nitrogens is 2. The standard InChI is InChI=1S/C15H19ClFN3O/c1-18-14(9-11-5-3-4-6-13(11)17)15-12(16)10-19-20(15)7-8-21-2/h3-6,10,14,18H,7-9H2,1-2H3. The lowest BCUT2D eigenvalue weighted by Crippen LogP contribution is -2.24. The lowest BCUT2D eigenvalue weighted by molar-refractivity contribution is 0.181. The molecule has 1 heterocycles. The molecule has 0 radical (unpaired) electrons. The first kappa shape index (κ1) is 15.9. The highest BCUT2D eigenvalue weighted by Crippen LogP contribution is 2.26. The Kier molecular flexibility index (Phi) is 5.73. The Labute approximate surface area is 128 Å². The van der Waals surface area contributed by atoms with Gasteiger partial charge < -0.3 is 10.1 Å². The van der Waals surface area contributed by atoms with Gasteiger partial charge in [-0.05, 0) is 25.1 Å². The molecule has 2 aromatic rings. The van der Waals surface area contributed by atoms with Crippen LogP contribution in [0.15, 0.2) is 30.5 Å². The molecular formula is C15H19ClFN3O. The average molecular weight is 312 g/mol. The first-order valence-corrected chi connectivity index (χ1v) is 7.16. The number of nitrogens with one attached hydrogen (secondary N) is 1. The van der Waals surface area contributed by atoms with Crippen LogP contribution in [-0.4, -0.2) is 30.5 Å². The maximum absolute atomic E-state index is 13.8. The van der Waals surface area contributed by atoms with E-state index in [1.54, 1.807) is 30.1 Å².